The van der Waals surface area contributed by atoms with Crippen molar-refractivity contribution in [3.8, 4) is 0 Å². The molecule has 0 bridgehead atoms. The van der Waals surface area contributed by atoms with E-state index in [1.54, 1.807) is 6.92 Å². The van der Waals surface area contributed by atoms with E-state index in [0.717, 1.165) is 5.69 Å². The molecule has 102 valence electrons. The maximum atomic E-state index is 10.5. The summed E-state index contributed by atoms with van der Waals surface area (Å²) in [6, 6.07) is 5.82. The Morgan fingerprint density at radius 2 is 1.90 bits per heavy atom. The van der Waals surface area contributed by atoms with Crippen LogP contribution in [-0.4, -0.2) is 14.9 Å². The third-order valence-corrected chi connectivity index (χ3v) is 2.78. The van der Waals surface area contributed by atoms with Gasteiger partial charge in [0.2, 0.25) is 0 Å². The molecular weight excluding hydrogens is 278 g/mol. The minimum Gasteiger partial charge on any atom is -0.333 e. The van der Waals surface area contributed by atoms with Gasteiger partial charge in [0.05, 0.1) is 16.3 Å². The van der Waals surface area contributed by atoms with Gasteiger partial charge in [-0.25, -0.2) is 4.98 Å². The average molecular weight is 289 g/mol. The van der Waals surface area contributed by atoms with Crippen LogP contribution in [0.15, 0.2) is 34.5 Å². The number of benzene rings is 1. The van der Waals surface area contributed by atoms with Gasteiger partial charge >= 0.3 is 0 Å². The number of non-ortho nitro benzene ring substituents is 1. The number of aryl methyl sites for hydroxylation is 2. The molecule has 2 aromatic rings. The van der Waals surface area contributed by atoms with E-state index >= 15 is 0 Å². The van der Waals surface area contributed by atoms with Crippen LogP contribution in [0.25, 0.3) is 0 Å². The molecular formula is C12H11N5O2S. The van der Waals surface area contributed by atoms with Crippen molar-refractivity contribution in [3.05, 3.63) is 50.5 Å². The lowest BCUT2D eigenvalue weighted by atomic mass is 10.3. The highest BCUT2D eigenvalue weighted by molar-refractivity contribution is 7.71. The second-order valence-electron chi connectivity index (χ2n) is 4.07. The van der Waals surface area contributed by atoms with Crippen molar-refractivity contribution >= 4 is 29.3 Å². The van der Waals surface area contributed by atoms with Gasteiger partial charge < -0.3 is 4.98 Å². The van der Waals surface area contributed by atoms with Crippen molar-refractivity contribution in [2.45, 2.75) is 13.8 Å². The average Bonchev–Trinajstić information content (AvgIpc) is 2.38. The molecule has 1 heterocycles. The highest BCUT2D eigenvalue weighted by Crippen LogP contribution is 2.24. The first kappa shape index (κ1) is 13.9. The number of azo groups is 1. The van der Waals surface area contributed by atoms with Crippen molar-refractivity contribution in [1.82, 2.24) is 9.97 Å². The fourth-order valence-corrected chi connectivity index (χ4v) is 1.91. The van der Waals surface area contributed by atoms with Crippen LogP contribution >= 0.6 is 12.2 Å². The van der Waals surface area contributed by atoms with Gasteiger partial charge in [0.1, 0.15) is 5.69 Å². The molecule has 7 nitrogen and oxygen atoms in total. The largest absolute Gasteiger partial charge is 0.333 e. The zero-order valence-electron chi connectivity index (χ0n) is 10.8. The van der Waals surface area contributed by atoms with Crippen LogP contribution in [-0.2, 0) is 0 Å². The fraction of sp³-hybridized carbons (Fsp3) is 0.167. The van der Waals surface area contributed by atoms with Gasteiger partial charge in [-0.1, -0.05) is 0 Å². The molecule has 0 unspecified atom stereocenters. The first-order valence-electron chi connectivity index (χ1n) is 5.71. The summed E-state index contributed by atoms with van der Waals surface area (Å²) in [5.74, 6) is 0. The van der Waals surface area contributed by atoms with Crippen LogP contribution in [0.1, 0.15) is 11.4 Å². The number of aromatic amines is 1. The van der Waals surface area contributed by atoms with E-state index < -0.39 is 4.92 Å². The minimum atomic E-state index is -0.462. The number of rotatable bonds is 3. The lowest BCUT2D eigenvalue weighted by Crippen LogP contribution is -1.91. The number of nitrogens with one attached hydrogen (secondary N) is 1. The Labute approximate surface area is 119 Å². The van der Waals surface area contributed by atoms with Crippen LogP contribution in [0.3, 0.4) is 0 Å². The molecule has 1 aromatic carbocycles. The van der Waals surface area contributed by atoms with Crippen LogP contribution in [0.5, 0.6) is 0 Å². The normalized spacial score (nSPS) is 10.9. The number of nitrogens with zero attached hydrogens (tertiary/aromatic N) is 4. The summed E-state index contributed by atoms with van der Waals surface area (Å²) in [7, 11) is 0. The Morgan fingerprint density at radius 1 is 1.25 bits per heavy atom. The first-order valence-corrected chi connectivity index (χ1v) is 6.12. The van der Waals surface area contributed by atoms with E-state index in [4.69, 9.17) is 12.2 Å². The Balaban J connectivity index is 2.30. The molecule has 0 atom stereocenters. The summed E-state index contributed by atoms with van der Waals surface area (Å²) in [4.78, 5) is 17.1. The standard InChI is InChI=1S/C12H11N5O2S/c1-7-11(8(2)14-12(20)13-7)16-15-9-3-5-10(6-4-9)17(18)19/h3-6H,1-2H3,(H,13,14,20). The smallest absolute Gasteiger partial charge is 0.269 e. The van der Waals surface area contributed by atoms with Gasteiger partial charge in [0.25, 0.3) is 5.69 Å². The van der Waals surface area contributed by atoms with E-state index in [-0.39, 0.29) is 5.69 Å². The summed E-state index contributed by atoms with van der Waals surface area (Å²) < 4.78 is 0.397. The molecule has 2 rings (SSSR count). The molecule has 0 amide bonds. The third kappa shape index (κ3) is 3.09. The Kier molecular flexibility index (Phi) is 3.94. The van der Waals surface area contributed by atoms with E-state index in [1.807, 2.05) is 6.92 Å². The quantitative estimate of drug-likeness (QED) is 0.398. The molecule has 8 heteroatoms. The van der Waals surface area contributed by atoms with Crippen LogP contribution < -0.4 is 0 Å². The maximum absolute atomic E-state index is 10.5. The maximum Gasteiger partial charge on any atom is 0.269 e. The molecule has 1 N–H and O–H groups in total. The predicted molar refractivity (Wildman–Crippen MR) is 76.2 cm³/mol. The monoisotopic (exact) mass is 289 g/mol. The summed E-state index contributed by atoms with van der Waals surface area (Å²) in [5, 5.41) is 18.7. The predicted octanol–water partition coefficient (Wildman–Crippen LogP) is 4.08. The van der Waals surface area contributed by atoms with Crippen LogP contribution in [0, 0.1) is 28.7 Å². The lowest BCUT2D eigenvalue weighted by Gasteiger charge is -2.02. The van der Waals surface area contributed by atoms with Crippen LogP contribution in [0.4, 0.5) is 17.1 Å². The van der Waals surface area contributed by atoms with Gasteiger partial charge in [-0.05, 0) is 38.2 Å². The Bertz CT molecular complexity index is 710. The fourth-order valence-electron chi connectivity index (χ4n) is 1.62. The van der Waals surface area contributed by atoms with Crippen molar-refractivity contribution in [3.63, 3.8) is 0 Å². The number of nitro benzene ring substituents is 1. The van der Waals surface area contributed by atoms with E-state index in [9.17, 15) is 10.1 Å². The van der Waals surface area contributed by atoms with Crippen molar-refractivity contribution in [1.29, 1.82) is 0 Å². The third-order valence-electron chi connectivity index (χ3n) is 2.59. The second-order valence-corrected chi connectivity index (χ2v) is 4.46. The van der Waals surface area contributed by atoms with E-state index in [1.165, 1.54) is 24.3 Å². The highest BCUT2D eigenvalue weighted by atomic mass is 32.1. The van der Waals surface area contributed by atoms with Gasteiger partial charge in [0, 0.05) is 17.8 Å². The van der Waals surface area contributed by atoms with Crippen molar-refractivity contribution < 1.29 is 4.92 Å². The molecule has 1 aromatic heterocycles. The number of aromatic nitrogens is 2. The lowest BCUT2D eigenvalue weighted by molar-refractivity contribution is -0.384. The zero-order valence-corrected chi connectivity index (χ0v) is 11.6. The summed E-state index contributed by atoms with van der Waals surface area (Å²) in [6.45, 7) is 3.62. The minimum absolute atomic E-state index is 0.0155. The summed E-state index contributed by atoms with van der Waals surface area (Å²) in [6.07, 6.45) is 0. The molecule has 0 aliphatic rings. The zero-order chi connectivity index (χ0) is 14.7. The van der Waals surface area contributed by atoms with Crippen LogP contribution in [0.2, 0.25) is 0 Å². The molecule has 0 saturated heterocycles. The van der Waals surface area contributed by atoms with Gasteiger partial charge in [-0.2, -0.15) is 5.11 Å². The molecule has 0 radical (unpaired) electrons. The van der Waals surface area contributed by atoms with E-state index in [2.05, 4.69) is 20.2 Å². The molecule has 20 heavy (non-hydrogen) atoms. The second kappa shape index (κ2) is 5.66. The molecule has 0 aliphatic carbocycles. The highest BCUT2D eigenvalue weighted by Gasteiger charge is 2.05. The Morgan fingerprint density at radius 3 is 2.45 bits per heavy atom. The number of hydrogen-bond donors (Lipinski definition) is 1. The van der Waals surface area contributed by atoms with Gasteiger partial charge in [-0.15, -0.1) is 5.11 Å². The summed E-state index contributed by atoms with van der Waals surface area (Å²) in [5.41, 5.74) is 2.60. The van der Waals surface area contributed by atoms with Crippen molar-refractivity contribution in [2.24, 2.45) is 10.2 Å². The van der Waals surface area contributed by atoms with Gasteiger partial charge in [0.15, 0.2) is 4.77 Å². The van der Waals surface area contributed by atoms with E-state index in [0.29, 0.717) is 21.8 Å². The number of hydrogen-bond acceptors (Lipinski definition) is 6. The molecule has 0 spiro atoms. The number of H-pyrrole nitrogens is 1. The molecule has 0 aliphatic heterocycles. The first-order chi connectivity index (χ1) is 9.47. The van der Waals surface area contributed by atoms with Crippen molar-refractivity contribution in [2.75, 3.05) is 0 Å². The Hall–Kier alpha value is -2.48. The number of nitro groups is 1. The molecule has 0 fully saturated rings. The summed E-state index contributed by atoms with van der Waals surface area (Å²) >= 11 is 4.96. The SMILES string of the molecule is Cc1nc(=S)[nH]c(C)c1N=Nc1ccc([N+](=O)[O-])cc1. The van der Waals surface area contributed by atoms with Gasteiger partial charge in [-0.3, -0.25) is 10.1 Å². The topological polar surface area (TPSA) is 96.5 Å². The molecule has 0 saturated carbocycles.